The minimum atomic E-state index is -0.299. The van der Waals surface area contributed by atoms with Crippen LogP contribution in [0.3, 0.4) is 0 Å². The van der Waals surface area contributed by atoms with Gasteiger partial charge in [0.15, 0.2) is 5.82 Å². The van der Waals surface area contributed by atoms with Crippen LogP contribution >= 0.6 is 11.6 Å². The topological polar surface area (TPSA) is 25.8 Å². The van der Waals surface area contributed by atoms with Crippen molar-refractivity contribution in [1.29, 1.82) is 0 Å². The molecular formula is C11H8ClFN2. The van der Waals surface area contributed by atoms with E-state index < -0.39 is 0 Å². The Labute approximate surface area is 91.8 Å². The molecule has 0 atom stereocenters. The van der Waals surface area contributed by atoms with E-state index in [1.54, 1.807) is 24.4 Å². The number of alkyl halides is 1. The van der Waals surface area contributed by atoms with Crippen molar-refractivity contribution in [2.75, 3.05) is 0 Å². The van der Waals surface area contributed by atoms with Gasteiger partial charge in [-0.05, 0) is 18.2 Å². The zero-order chi connectivity index (χ0) is 10.7. The SMILES string of the molecule is Fc1cccc(-c2nccc(CCl)n2)c1. The van der Waals surface area contributed by atoms with E-state index in [0.717, 1.165) is 5.69 Å². The van der Waals surface area contributed by atoms with Crippen LogP contribution in [0.5, 0.6) is 0 Å². The minimum Gasteiger partial charge on any atom is -0.237 e. The van der Waals surface area contributed by atoms with Gasteiger partial charge in [-0.1, -0.05) is 12.1 Å². The summed E-state index contributed by atoms with van der Waals surface area (Å²) >= 11 is 5.65. The number of hydrogen-bond acceptors (Lipinski definition) is 2. The molecule has 0 spiro atoms. The smallest absolute Gasteiger partial charge is 0.159 e. The van der Waals surface area contributed by atoms with Gasteiger partial charge in [0.2, 0.25) is 0 Å². The average molecular weight is 223 g/mol. The van der Waals surface area contributed by atoms with E-state index in [1.807, 2.05) is 0 Å². The first-order valence-corrected chi connectivity index (χ1v) is 4.97. The number of aromatic nitrogens is 2. The molecule has 1 heterocycles. The average Bonchev–Trinajstić information content (AvgIpc) is 2.29. The summed E-state index contributed by atoms with van der Waals surface area (Å²) in [7, 11) is 0. The van der Waals surface area contributed by atoms with Crippen molar-refractivity contribution in [2.24, 2.45) is 0 Å². The molecule has 0 bridgehead atoms. The highest BCUT2D eigenvalue weighted by Gasteiger charge is 2.02. The number of nitrogens with zero attached hydrogens (tertiary/aromatic N) is 2. The third kappa shape index (κ3) is 2.30. The maximum atomic E-state index is 13.0. The highest BCUT2D eigenvalue weighted by atomic mass is 35.5. The maximum Gasteiger partial charge on any atom is 0.159 e. The van der Waals surface area contributed by atoms with Crippen molar-refractivity contribution < 1.29 is 4.39 Å². The molecule has 0 aliphatic rings. The standard InChI is InChI=1S/C11H8ClFN2/c12-7-10-4-5-14-11(15-10)8-2-1-3-9(13)6-8/h1-6H,7H2. The summed E-state index contributed by atoms with van der Waals surface area (Å²) in [6, 6.07) is 7.90. The van der Waals surface area contributed by atoms with E-state index in [1.165, 1.54) is 12.1 Å². The van der Waals surface area contributed by atoms with Crippen molar-refractivity contribution >= 4 is 11.6 Å². The van der Waals surface area contributed by atoms with Crippen molar-refractivity contribution in [1.82, 2.24) is 9.97 Å². The van der Waals surface area contributed by atoms with E-state index in [9.17, 15) is 4.39 Å². The molecule has 4 heteroatoms. The van der Waals surface area contributed by atoms with E-state index >= 15 is 0 Å². The third-order valence-corrected chi connectivity index (χ3v) is 2.21. The first-order valence-electron chi connectivity index (χ1n) is 4.43. The van der Waals surface area contributed by atoms with Gasteiger partial charge in [0, 0.05) is 11.8 Å². The van der Waals surface area contributed by atoms with Gasteiger partial charge in [-0.2, -0.15) is 0 Å². The van der Waals surface area contributed by atoms with Crippen molar-refractivity contribution in [3.63, 3.8) is 0 Å². The normalized spacial score (nSPS) is 10.3. The monoisotopic (exact) mass is 222 g/mol. The number of rotatable bonds is 2. The van der Waals surface area contributed by atoms with Crippen molar-refractivity contribution in [3.05, 3.63) is 48.0 Å². The number of benzene rings is 1. The Hall–Kier alpha value is -1.48. The fourth-order valence-electron chi connectivity index (χ4n) is 1.24. The second-order valence-corrected chi connectivity index (χ2v) is 3.28. The molecule has 0 radical (unpaired) electrons. The first kappa shape index (κ1) is 10.1. The van der Waals surface area contributed by atoms with Crippen LogP contribution in [-0.4, -0.2) is 9.97 Å². The summed E-state index contributed by atoms with van der Waals surface area (Å²) in [6.07, 6.45) is 1.62. The molecule has 0 saturated carbocycles. The Morgan fingerprint density at radius 1 is 1.27 bits per heavy atom. The molecule has 1 aromatic heterocycles. The molecule has 0 aliphatic carbocycles. The van der Waals surface area contributed by atoms with Gasteiger partial charge in [-0.3, -0.25) is 0 Å². The lowest BCUT2D eigenvalue weighted by Gasteiger charge is -2.01. The molecule has 0 amide bonds. The van der Waals surface area contributed by atoms with Gasteiger partial charge < -0.3 is 0 Å². The van der Waals surface area contributed by atoms with Crippen molar-refractivity contribution in [2.45, 2.75) is 5.88 Å². The minimum absolute atomic E-state index is 0.299. The van der Waals surface area contributed by atoms with E-state index in [-0.39, 0.29) is 5.82 Å². The van der Waals surface area contributed by atoms with Crippen LogP contribution in [-0.2, 0) is 5.88 Å². The Morgan fingerprint density at radius 2 is 2.13 bits per heavy atom. The van der Waals surface area contributed by atoms with E-state index in [0.29, 0.717) is 17.3 Å². The van der Waals surface area contributed by atoms with Crippen LogP contribution in [0.1, 0.15) is 5.69 Å². The molecule has 2 aromatic rings. The first-order chi connectivity index (χ1) is 7.29. The third-order valence-electron chi connectivity index (χ3n) is 1.93. The zero-order valence-electron chi connectivity index (χ0n) is 7.82. The van der Waals surface area contributed by atoms with Gasteiger partial charge in [0.05, 0.1) is 11.6 Å². The van der Waals surface area contributed by atoms with Crippen LogP contribution in [0.15, 0.2) is 36.5 Å². The Kier molecular flexibility index (Phi) is 2.92. The van der Waals surface area contributed by atoms with Crippen LogP contribution in [0, 0.1) is 5.82 Å². The Balaban J connectivity index is 2.44. The Morgan fingerprint density at radius 3 is 2.87 bits per heavy atom. The molecule has 15 heavy (non-hydrogen) atoms. The molecule has 2 nitrogen and oxygen atoms in total. The predicted octanol–water partition coefficient (Wildman–Crippen LogP) is 3.02. The van der Waals surface area contributed by atoms with Gasteiger partial charge in [-0.15, -0.1) is 11.6 Å². The fourth-order valence-corrected chi connectivity index (χ4v) is 1.39. The summed E-state index contributed by atoms with van der Waals surface area (Å²) in [4.78, 5) is 8.26. The Bertz CT molecular complexity index is 474. The molecule has 2 rings (SSSR count). The van der Waals surface area contributed by atoms with Crippen LogP contribution in [0.25, 0.3) is 11.4 Å². The van der Waals surface area contributed by atoms with Gasteiger partial charge in [0.25, 0.3) is 0 Å². The summed E-state index contributed by atoms with van der Waals surface area (Å²) in [5.74, 6) is 0.519. The predicted molar refractivity (Wildman–Crippen MR) is 57.0 cm³/mol. The van der Waals surface area contributed by atoms with Gasteiger partial charge >= 0.3 is 0 Å². The largest absolute Gasteiger partial charge is 0.237 e. The molecule has 0 unspecified atom stereocenters. The molecule has 76 valence electrons. The molecule has 1 aromatic carbocycles. The molecule has 0 fully saturated rings. The van der Waals surface area contributed by atoms with Gasteiger partial charge in [-0.25, -0.2) is 14.4 Å². The van der Waals surface area contributed by atoms with Crippen LogP contribution < -0.4 is 0 Å². The van der Waals surface area contributed by atoms with Gasteiger partial charge in [0.1, 0.15) is 5.82 Å². The maximum absolute atomic E-state index is 13.0. The summed E-state index contributed by atoms with van der Waals surface area (Å²) < 4.78 is 13.0. The quantitative estimate of drug-likeness (QED) is 0.730. The highest BCUT2D eigenvalue weighted by molar-refractivity contribution is 6.16. The number of halogens is 2. The van der Waals surface area contributed by atoms with Crippen LogP contribution in [0.2, 0.25) is 0 Å². The lowest BCUT2D eigenvalue weighted by molar-refractivity contribution is 0.628. The highest BCUT2D eigenvalue weighted by Crippen LogP contribution is 2.15. The summed E-state index contributed by atoms with van der Waals surface area (Å²) in [5, 5.41) is 0. The molecular weight excluding hydrogens is 215 g/mol. The van der Waals surface area contributed by atoms with Crippen LogP contribution in [0.4, 0.5) is 4.39 Å². The molecule has 0 aliphatic heterocycles. The molecule has 0 saturated heterocycles. The lowest BCUT2D eigenvalue weighted by Crippen LogP contribution is -1.92. The summed E-state index contributed by atoms with van der Waals surface area (Å²) in [6.45, 7) is 0. The molecule has 0 N–H and O–H groups in total. The second kappa shape index (κ2) is 4.36. The van der Waals surface area contributed by atoms with E-state index in [2.05, 4.69) is 9.97 Å². The zero-order valence-corrected chi connectivity index (χ0v) is 8.58. The fraction of sp³-hybridized carbons (Fsp3) is 0.0909. The number of hydrogen-bond donors (Lipinski definition) is 0. The lowest BCUT2D eigenvalue weighted by atomic mass is 10.2. The van der Waals surface area contributed by atoms with E-state index in [4.69, 9.17) is 11.6 Å². The second-order valence-electron chi connectivity index (χ2n) is 3.02. The summed E-state index contributed by atoms with van der Waals surface area (Å²) in [5.41, 5.74) is 1.38. The van der Waals surface area contributed by atoms with Crippen molar-refractivity contribution in [3.8, 4) is 11.4 Å².